The largest absolute Gasteiger partial charge is 0.135 e. The molecule has 1 aromatic heterocycles. The van der Waals surface area contributed by atoms with E-state index in [1.165, 1.54) is 107 Å². The van der Waals surface area contributed by atoms with Crippen LogP contribution in [-0.4, -0.2) is 0 Å². The van der Waals surface area contributed by atoms with Crippen LogP contribution in [0, 0.1) is 0 Å². The third kappa shape index (κ3) is 3.85. The highest BCUT2D eigenvalue weighted by molar-refractivity contribution is 7.26. The molecule has 49 heavy (non-hydrogen) atoms. The molecule has 0 fully saturated rings. The Bertz CT molecular complexity index is 3160. The van der Waals surface area contributed by atoms with Crippen molar-refractivity contribution in [2.24, 2.45) is 0 Å². The van der Waals surface area contributed by atoms with E-state index in [9.17, 15) is 0 Å². The van der Waals surface area contributed by atoms with Gasteiger partial charge in [0.2, 0.25) is 0 Å². The van der Waals surface area contributed by atoms with Crippen LogP contribution in [0.3, 0.4) is 0 Å². The van der Waals surface area contributed by atoms with E-state index >= 15 is 0 Å². The highest BCUT2D eigenvalue weighted by Gasteiger charge is 2.16. The molecule has 0 amide bonds. The molecule has 0 unspecified atom stereocenters. The molecule has 1 heterocycles. The van der Waals surface area contributed by atoms with Crippen molar-refractivity contribution in [3.05, 3.63) is 170 Å². The van der Waals surface area contributed by atoms with Crippen LogP contribution in [0.1, 0.15) is 0 Å². The third-order valence-corrected chi connectivity index (χ3v) is 11.8. The van der Waals surface area contributed by atoms with E-state index in [0.29, 0.717) is 0 Å². The van der Waals surface area contributed by atoms with Gasteiger partial charge in [0.25, 0.3) is 0 Å². The summed E-state index contributed by atoms with van der Waals surface area (Å²) < 4.78 is 2.68. The smallest absolute Gasteiger partial charge is 0.0433 e. The normalized spacial score (nSPS) is 12.1. The zero-order chi connectivity index (χ0) is 32.1. The van der Waals surface area contributed by atoms with E-state index < -0.39 is 0 Å². The Hall–Kier alpha value is -6.02. The van der Waals surface area contributed by atoms with Crippen LogP contribution in [-0.2, 0) is 0 Å². The van der Waals surface area contributed by atoms with Gasteiger partial charge in [0.1, 0.15) is 0 Å². The van der Waals surface area contributed by atoms with Crippen molar-refractivity contribution in [1.29, 1.82) is 0 Å². The van der Waals surface area contributed by atoms with Crippen LogP contribution in [0.4, 0.5) is 0 Å². The summed E-state index contributed by atoms with van der Waals surface area (Å²) in [6.07, 6.45) is 0. The number of rotatable bonds is 2. The lowest BCUT2D eigenvalue weighted by Gasteiger charge is -2.16. The number of benzene rings is 9. The van der Waals surface area contributed by atoms with Crippen molar-refractivity contribution < 1.29 is 0 Å². The maximum Gasteiger partial charge on any atom is 0.0433 e. The van der Waals surface area contributed by atoms with Crippen molar-refractivity contribution in [1.82, 2.24) is 0 Å². The molecule has 0 aliphatic rings. The molecule has 0 saturated heterocycles. The summed E-state index contributed by atoms with van der Waals surface area (Å²) >= 11 is 1.89. The SMILES string of the molecule is c1cc(-c2ccc3c(c2)c2ccccc2c2cccc4c5ccccc5c5cccc3c5c24)cc(-c2cccc3c2sc2ccccc23)c1. The second kappa shape index (κ2) is 10.2. The highest BCUT2D eigenvalue weighted by Crippen LogP contribution is 2.45. The summed E-state index contributed by atoms with van der Waals surface area (Å²) in [7, 11) is 0. The van der Waals surface area contributed by atoms with Gasteiger partial charge in [-0.25, -0.2) is 0 Å². The molecule has 0 aliphatic heterocycles. The molecule has 0 bridgehead atoms. The first-order valence-electron chi connectivity index (χ1n) is 16.9. The van der Waals surface area contributed by atoms with E-state index in [4.69, 9.17) is 0 Å². The topological polar surface area (TPSA) is 0 Å². The fourth-order valence-electron chi connectivity index (χ4n) is 8.47. The predicted molar refractivity (Wildman–Crippen MR) is 215 cm³/mol. The van der Waals surface area contributed by atoms with Gasteiger partial charge in [-0.15, -0.1) is 11.3 Å². The lowest BCUT2D eigenvalue weighted by molar-refractivity contribution is 1.63. The second-order valence-electron chi connectivity index (χ2n) is 13.2. The van der Waals surface area contributed by atoms with Crippen molar-refractivity contribution in [2.45, 2.75) is 0 Å². The first kappa shape index (κ1) is 27.0. The Morgan fingerprint density at radius 1 is 0.265 bits per heavy atom. The maximum atomic E-state index is 2.43. The summed E-state index contributed by atoms with van der Waals surface area (Å²) in [6.45, 7) is 0. The number of hydrogen-bond donors (Lipinski definition) is 0. The van der Waals surface area contributed by atoms with E-state index in [2.05, 4.69) is 170 Å². The third-order valence-electron chi connectivity index (χ3n) is 10.6. The Morgan fingerprint density at radius 3 is 1.37 bits per heavy atom. The molecule has 0 radical (unpaired) electrons. The monoisotopic (exact) mass is 636 g/mol. The van der Waals surface area contributed by atoms with Crippen molar-refractivity contribution in [3.63, 3.8) is 0 Å². The minimum Gasteiger partial charge on any atom is -0.135 e. The van der Waals surface area contributed by atoms with Crippen LogP contribution in [0.2, 0.25) is 0 Å². The van der Waals surface area contributed by atoms with Crippen LogP contribution in [0.5, 0.6) is 0 Å². The molecule has 11 aromatic rings. The van der Waals surface area contributed by atoms with Crippen molar-refractivity contribution >= 4 is 96.1 Å². The fourth-order valence-corrected chi connectivity index (χ4v) is 9.71. The van der Waals surface area contributed by atoms with E-state index in [1.807, 2.05) is 11.3 Å². The maximum absolute atomic E-state index is 2.43. The van der Waals surface area contributed by atoms with Gasteiger partial charge in [0.05, 0.1) is 0 Å². The first-order valence-corrected chi connectivity index (χ1v) is 17.7. The van der Waals surface area contributed by atoms with Gasteiger partial charge in [0, 0.05) is 20.2 Å². The first-order chi connectivity index (χ1) is 24.3. The van der Waals surface area contributed by atoms with Crippen molar-refractivity contribution in [3.8, 4) is 22.3 Å². The molecule has 0 aliphatic carbocycles. The molecule has 0 spiro atoms. The van der Waals surface area contributed by atoms with Crippen LogP contribution >= 0.6 is 11.3 Å². The molecule has 0 nitrogen and oxygen atoms in total. The summed E-state index contributed by atoms with van der Waals surface area (Å²) in [5.41, 5.74) is 4.99. The lowest BCUT2D eigenvalue weighted by Crippen LogP contribution is -1.89. The number of fused-ring (bicyclic) bond motifs is 11. The Morgan fingerprint density at radius 2 is 0.714 bits per heavy atom. The molecular formula is C48H28S. The zero-order valence-corrected chi connectivity index (χ0v) is 27.4. The van der Waals surface area contributed by atoms with Gasteiger partial charge in [0.15, 0.2) is 0 Å². The van der Waals surface area contributed by atoms with Gasteiger partial charge >= 0.3 is 0 Å². The summed E-state index contributed by atoms with van der Waals surface area (Å²) in [6, 6.07) is 63.3. The zero-order valence-electron chi connectivity index (χ0n) is 26.6. The molecule has 0 saturated carbocycles. The quantitative estimate of drug-likeness (QED) is 0.166. The van der Waals surface area contributed by atoms with Gasteiger partial charge in [-0.2, -0.15) is 0 Å². The molecule has 10 aromatic carbocycles. The summed E-state index contributed by atoms with van der Waals surface area (Å²) in [4.78, 5) is 0. The molecular weight excluding hydrogens is 609 g/mol. The molecule has 0 atom stereocenters. The Labute approximate surface area is 287 Å². The molecule has 0 N–H and O–H groups in total. The molecule has 1 heteroatoms. The van der Waals surface area contributed by atoms with Crippen LogP contribution in [0.15, 0.2) is 170 Å². The number of thiophene rings is 1. The summed E-state index contributed by atoms with van der Waals surface area (Å²) in [5.74, 6) is 0. The second-order valence-corrected chi connectivity index (χ2v) is 14.2. The fraction of sp³-hybridized carbons (Fsp3) is 0. The lowest BCUT2D eigenvalue weighted by atomic mass is 9.86. The van der Waals surface area contributed by atoms with Gasteiger partial charge in [-0.3, -0.25) is 0 Å². The van der Waals surface area contributed by atoms with Crippen molar-refractivity contribution in [2.75, 3.05) is 0 Å². The van der Waals surface area contributed by atoms with E-state index in [0.717, 1.165) is 0 Å². The van der Waals surface area contributed by atoms with Gasteiger partial charge < -0.3 is 0 Å². The Balaban J connectivity index is 1.22. The number of hydrogen-bond acceptors (Lipinski definition) is 1. The van der Waals surface area contributed by atoms with Gasteiger partial charge in [-0.05, 0) is 105 Å². The minimum absolute atomic E-state index is 1.23. The molecule has 226 valence electrons. The average molecular weight is 637 g/mol. The predicted octanol–water partition coefficient (Wildman–Crippen LogP) is 14.3. The van der Waals surface area contributed by atoms with Crippen LogP contribution < -0.4 is 0 Å². The standard InChI is InChI=1S/C48H28S/c1-2-14-34-33(13-1)39-19-9-21-41-35-15-3-4-16-36(35)44-28-30(25-26-37(44)42-22-10-20-40(34)47(42)46(39)41)29-11-7-12-31(27-29)32-18-8-23-43-38-17-5-6-24-45(38)49-48(32)43/h1-28H. The average Bonchev–Trinajstić information content (AvgIpc) is 3.56. The molecule has 11 rings (SSSR count). The highest BCUT2D eigenvalue weighted by atomic mass is 32.1. The summed E-state index contributed by atoms with van der Waals surface area (Å²) in [5, 5.41) is 18.3. The van der Waals surface area contributed by atoms with Crippen LogP contribution in [0.25, 0.3) is 107 Å². The van der Waals surface area contributed by atoms with E-state index in [-0.39, 0.29) is 0 Å². The minimum atomic E-state index is 1.23. The Kier molecular flexibility index (Phi) is 5.64. The van der Waals surface area contributed by atoms with Gasteiger partial charge in [-0.1, -0.05) is 152 Å². The van der Waals surface area contributed by atoms with E-state index in [1.54, 1.807) is 0 Å².